The Hall–Kier alpha value is -0.0400. The van der Waals surface area contributed by atoms with Gasteiger partial charge in [-0.2, -0.15) is 0 Å². The van der Waals surface area contributed by atoms with Gasteiger partial charge in [0.05, 0.1) is 0 Å². The quantitative estimate of drug-likeness (QED) is 0.736. The minimum Gasteiger partial charge on any atom is -0.316 e. The highest BCUT2D eigenvalue weighted by atomic mass is 14.9. The van der Waals surface area contributed by atoms with E-state index < -0.39 is 0 Å². The molecule has 0 radical (unpaired) electrons. The van der Waals surface area contributed by atoms with Crippen molar-refractivity contribution in [1.82, 2.24) is 5.32 Å². The second-order valence-electron chi connectivity index (χ2n) is 6.24. The Morgan fingerprint density at radius 1 is 1.13 bits per heavy atom. The van der Waals surface area contributed by atoms with E-state index in [-0.39, 0.29) is 0 Å². The molecule has 4 atom stereocenters. The molecule has 2 rings (SSSR count). The van der Waals surface area contributed by atoms with Gasteiger partial charge in [-0.05, 0) is 61.9 Å². The van der Waals surface area contributed by atoms with Gasteiger partial charge in [0, 0.05) is 0 Å². The molecule has 1 heteroatoms. The first kappa shape index (κ1) is 11.4. The fraction of sp³-hybridized carbons (Fsp3) is 1.00. The van der Waals surface area contributed by atoms with Crippen molar-refractivity contribution in [2.45, 2.75) is 46.5 Å². The first-order valence-electron chi connectivity index (χ1n) is 6.89. The summed E-state index contributed by atoms with van der Waals surface area (Å²) < 4.78 is 0. The fourth-order valence-corrected chi connectivity index (χ4v) is 3.86. The topological polar surface area (TPSA) is 12.0 Å². The molecule has 4 unspecified atom stereocenters. The van der Waals surface area contributed by atoms with Crippen LogP contribution in [0.15, 0.2) is 0 Å². The molecule has 15 heavy (non-hydrogen) atoms. The number of hydrogen-bond acceptors (Lipinski definition) is 1. The van der Waals surface area contributed by atoms with Crippen LogP contribution in [0.1, 0.15) is 46.5 Å². The smallest absolute Gasteiger partial charge is 0.00173 e. The van der Waals surface area contributed by atoms with E-state index in [0.29, 0.717) is 0 Å². The second kappa shape index (κ2) is 4.86. The van der Waals surface area contributed by atoms with E-state index >= 15 is 0 Å². The Morgan fingerprint density at radius 2 is 1.93 bits per heavy atom. The van der Waals surface area contributed by atoms with Crippen molar-refractivity contribution in [2.75, 3.05) is 13.1 Å². The minimum atomic E-state index is 0.892. The van der Waals surface area contributed by atoms with Crippen LogP contribution in [0.2, 0.25) is 0 Å². The van der Waals surface area contributed by atoms with Crippen molar-refractivity contribution in [1.29, 1.82) is 0 Å². The zero-order valence-electron chi connectivity index (χ0n) is 10.6. The van der Waals surface area contributed by atoms with Crippen molar-refractivity contribution in [3.8, 4) is 0 Å². The van der Waals surface area contributed by atoms with Gasteiger partial charge in [-0.1, -0.05) is 27.2 Å². The molecular formula is C14H27N. The summed E-state index contributed by atoms with van der Waals surface area (Å²) in [6, 6.07) is 0. The maximum atomic E-state index is 3.54. The van der Waals surface area contributed by atoms with E-state index in [9.17, 15) is 0 Å². The van der Waals surface area contributed by atoms with E-state index in [4.69, 9.17) is 0 Å². The van der Waals surface area contributed by atoms with Crippen LogP contribution in [0.3, 0.4) is 0 Å². The Morgan fingerprint density at radius 3 is 2.53 bits per heavy atom. The average Bonchev–Trinajstić information content (AvgIpc) is 2.69. The number of rotatable bonds is 2. The van der Waals surface area contributed by atoms with Crippen LogP contribution in [0.4, 0.5) is 0 Å². The molecule has 0 aromatic rings. The summed E-state index contributed by atoms with van der Waals surface area (Å²) in [5.41, 5.74) is 0. The van der Waals surface area contributed by atoms with Crippen molar-refractivity contribution in [3.05, 3.63) is 0 Å². The zero-order valence-corrected chi connectivity index (χ0v) is 10.6. The second-order valence-corrected chi connectivity index (χ2v) is 6.24. The molecule has 1 aliphatic carbocycles. The van der Waals surface area contributed by atoms with Crippen LogP contribution < -0.4 is 5.32 Å². The lowest BCUT2D eigenvalue weighted by Gasteiger charge is -2.40. The number of hydrogen-bond donors (Lipinski definition) is 1. The number of nitrogens with one attached hydrogen (secondary N) is 1. The molecular weight excluding hydrogens is 182 g/mol. The highest BCUT2D eigenvalue weighted by Gasteiger charge is 2.36. The summed E-state index contributed by atoms with van der Waals surface area (Å²) in [5.74, 6) is 4.88. The van der Waals surface area contributed by atoms with Gasteiger partial charge in [0.25, 0.3) is 0 Å². The normalized spacial score (nSPS) is 42.4. The standard InChI is InChI=1S/C14H27N/c1-10(2)13-5-4-11(3)8-14(13)12-6-7-15-9-12/h10-15H,4-9H2,1-3H3. The lowest BCUT2D eigenvalue weighted by Crippen LogP contribution is -2.33. The van der Waals surface area contributed by atoms with E-state index in [1.54, 1.807) is 0 Å². The van der Waals surface area contributed by atoms with E-state index in [1.807, 2.05) is 0 Å². The summed E-state index contributed by atoms with van der Waals surface area (Å²) in [5, 5.41) is 3.54. The van der Waals surface area contributed by atoms with Gasteiger partial charge in [-0.25, -0.2) is 0 Å². The van der Waals surface area contributed by atoms with Crippen molar-refractivity contribution in [3.63, 3.8) is 0 Å². The third-order valence-corrected chi connectivity index (χ3v) is 4.78. The van der Waals surface area contributed by atoms with Crippen LogP contribution >= 0.6 is 0 Å². The van der Waals surface area contributed by atoms with Gasteiger partial charge in [-0.15, -0.1) is 0 Å². The summed E-state index contributed by atoms with van der Waals surface area (Å²) >= 11 is 0. The molecule has 0 aromatic heterocycles. The molecule has 0 amide bonds. The van der Waals surface area contributed by atoms with Gasteiger partial charge in [0.15, 0.2) is 0 Å². The first-order valence-corrected chi connectivity index (χ1v) is 6.89. The Balaban J connectivity index is 2.01. The van der Waals surface area contributed by atoms with Crippen LogP contribution in [-0.4, -0.2) is 13.1 Å². The van der Waals surface area contributed by atoms with E-state index in [1.165, 1.54) is 38.8 Å². The van der Waals surface area contributed by atoms with Crippen LogP contribution in [-0.2, 0) is 0 Å². The summed E-state index contributed by atoms with van der Waals surface area (Å²) in [6.07, 6.45) is 5.88. The molecule has 1 N–H and O–H groups in total. The molecule has 0 aromatic carbocycles. The predicted octanol–water partition coefficient (Wildman–Crippen LogP) is 3.30. The lowest BCUT2D eigenvalue weighted by atomic mass is 9.65. The van der Waals surface area contributed by atoms with Crippen molar-refractivity contribution < 1.29 is 0 Å². The lowest BCUT2D eigenvalue weighted by molar-refractivity contribution is 0.0991. The maximum Gasteiger partial charge on any atom is -0.00173 e. The van der Waals surface area contributed by atoms with E-state index in [0.717, 1.165) is 29.6 Å². The molecule has 2 fully saturated rings. The molecule has 1 heterocycles. The average molecular weight is 209 g/mol. The molecule has 1 nitrogen and oxygen atoms in total. The summed E-state index contributed by atoms with van der Waals surface area (Å²) in [4.78, 5) is 0. The van der Waals surface area contributed by atoms with Gasteiger partial charge in [0.1, 0.15) is 0 Å². The van der Waals surface area contributed by atoms with Crippen molar-refractivity contribution >= 4 is 0 Å². The molecule has 2 aliphatic rings. The SMILES string of the molecule is CC1CCC(C(C)C)C(C2CCNC2)C1. The molecule has 0 bridgehead atoms. The Labute approximate surface area is 95.0 Å². The molecule has 88 valence electrons. The van der Waals surface area contributed by atoms with Gasteiger partial charge in [0.2, 0.25) is 0 Å². The van der Waals surface area contributed by atoms with Crippen LogP contribution in [0, 0.1) is 29.6 Å². The minimum absolute atomic E-state index is 0.892. The third-order valence-electron chi connectivity index (χ3n) is 4.78. The molecule has 1 saturated heterocycles. The zero-order chi connectivity index (χ0) is 10.8. The highest BCUT2D eigenvalue weighted by Crippen LogP contribution is 2.43. The molecule has 1 saturated carbocycles. The Bertz CT molecular complexity index is 194. The van der Waals surface area contributed by atoms with Crippen LogP contribution in [0.5, 0.6) is 0 Å². The fourth-order valence-electron chi connectivity index (χ4n) is 3.86. The van der Waals surface area contributed by atoms with Crippen molar-refractivity contribution in [2.24, 2.45) is 29.6 Å². The summed E-state index contributed by atoms with van der Waals surface area (Å²) in [7, 11) is 0. The predicted molar refractivity (Wildman–Crippen MR) is 65.8 cm³/mol. The maximum absolute atomic E-state index is 3.54. The molecule has 1 aliphatic heterocycles. The third kappa shape index (κ3) is 2.55. The van der Waals surface area contributed by atoms with Crippen LogP contribution in [0.25, 0.3) is 0 Å². The van der Waals surface area contributed by atoms with E-state index in [2.05, 4.69) is 26.1 Å². The van der Waals surface area contributed by atoms with Gasteiger partial charge >= 0.3 is 0 Å². The van der Waals surface area contributed by atoms with Gasteiger partial charge in [-0.3, -0.25) is 0 Å². The first-order chi connectivity index (χ1) is 7.18. The highest BCUT2D eigenvalue weighted by molar-refractivity contribution is 4.88. The summed E-state index contributed by atoms with van der Waals surface area (Å²) in [6.45, 7) is 9.86. The Kier molecular flexibility index (Phi) is 3.71. The largest absolute Gasteiger partial charge is 0.316 e. The monoisotopic (exact) mass is 209 g/mol. The molecule has 0 spiro atoms. The van der Waals surface area contributed by atoms with Gasteiger partial charge < -0.3 is 5.32 Å².